The van der Waals surface area contributed by atoms with Crippen molar-refractivity contribution in [3.63, 3.8) is 0 Å². The number of carbonyl (C=O) groups is 3. The Balaban J connectivity index is 1.37. The molecule has 0 unspecified atom stereocenters. The number of aromatic nitrogens is 2. The van der Waals surface area contributed by atoms with Crippen LogP contribution in [0.15, 0.2) is 0 Å². The van der Waals surface area contributed by atoms with E-state index in [-0.39, 0.29) is 42.3 Å². The van der Waals surface area contributed by atoms with Crippen LogP contribution in [0.2, 0.25) is 0 Å². The SMILES string of the molecule is Cc1nn([C@@H]2CCS(=O)(=O)C2)c(C)c1CN(C)C(=O)CCN1C(=O)NC2(CCCC2)C1=O. The molecule has 3 heterocycles. The zero-order chi connectivity index (χ0) is 23.3. The molecule has 176 valence electrons. The van der Waals surface area contributed by atoms with Crippen LogP contribution in [-0.2, 0) is 26.0 Å². The van der Waals surface area contributed by atoms with Crippen LogP contribution in [0.4, 0.5) is 4.79 Å². The molecule has 1 saturated carbocycles. The van der Waals surface area contributed by atoms with Gasteiger partial charge in [-0.05, 0) is 33.1 Å². The maximum Gasteiger partial charge on any atom is 0.325 e. The van der Waals surface area contributed by atoms with E-state index < -0.39 is 21.4 Å². The van der Waals surface area contributed by atoms with E-state index in [1.807, 2.05) is 13.8 Å². The van der Waals surface area contributed by atoms with Gasteiger partial charge >= 0.3 is 6.03 Å². The number of imide groups is 1. The van der Waals surface area contributed by atoms with Crippen LogP contribution < -0.4 is 5.32 Å². The van der Waals surface area contributed by atoms with Crippen LogP contribution in [-0.4, -0.2) is 76.5 Å². The minimum absolute atomic E-state index is 0.0544. The number of hydrogen-bond donors (Lipinski definition) is 1. The van der Waals surface area contributed by atoms with Gasteiger partial charge in [0.2, 0.25) is 5.91 Å². The fraction of sp³-hybridized carbons (Fsp3) is 0.714. The van der Waals surface area contributed by atoms with Crippen molar-refractivity contribution in [2.75, 3.05) is 25.1 Å². The minimum Gasteiger partial charge on any atom is -0.341 e. The van der Waals surface area contributed by atoms with Gasteiger partial charge in [-0.1, -0.05) is 12.8 Å². The first-order valence-corrected chi connectivity index (χ1v) is 13.0. The highest BCUT2D eigenvalue weighted by Crippen LogP contribution is 2.35. The standard InChI is InChI=1S/C21H31N5O5S/c1-14-17(15(2)26(23-14)16-7-11-32(30,31)13-16)12-24(3)18(27)6-10-25-19(28)21(22-20(25)29)8-4-5-9-21/h16H,4-13H2,1-3H3,(H,22,29)/t16-/m1/s1. The van der Waals surface area contributed by atoms with Gasteiger partial charge in [-0.15, -0.1) is 0 Å². The van der Waals surface area contributed by atoms with E-state index in [2.05, 4.69) is 10.4 Å². The summed E-state index contributed by atoms with van der Waals surface area (Å²) in [4.78, 5) is 40.5. The molecule has 4 amide bonds. The molecule has 3 aliphatic rings. The van der Waals surface area contributed by atoms with Crippen LogP contribution in [0.3, 0.4) is 0 Å². The molecule has 2 aliphatic heterocycles. The smallest absolute Gasteiger partial charge is 0.325 e. The van der Waals surface area contributed by atoms with Crippen molar-refractivity contribution in [2.24, 2.45) is 0 Å². The van der Waals surface area contributed by atoms with E-state index >= 15 is 0 Å². The number of urea groups is 1. The molecule has 11 heteroatoms. The lowest BCUT2D eigenvalue weighted by Crippen LogP contribution is -2.44. The molecule has 4 rings (SSSR count). The molecule has 1 aromatic heterocycles. The Morgan fingerprint density at radius 2 is 1.94 bits per heavy atom. The van der Waals surface area contributed by atoms with Crippen LogP contribution in [0.25, 0.3) is 0 Å². The van der Waals surface area contributed by atoms with Gasteiger partial charge < -0.3 is 10.2 Å². The molecule has 0 radical (unpaired) electrons. The second-order valence-electron chi connectivity index (χ2n) is 9.33. The molecule has 1 atom stereocenters. The monoisotopic (exact) mass is 465 g/mol. The number of nitrogens with zero attached hydrogens (tertiary/aromatic N) is 4. The third kappa shape index (κ3) is 4.02. The Kier molecular flexibility index (Phi) is 5.81. The van der Waals surface area contributed by atoms with Crippen LogP contribution in [0.1, 0.15) is 61.5 Å². The van der Waals surface area contributed by atoms with Gasteiger partial charge in [-0.3, -0.25) is 19.2 Å². The summed E-state index contributed by atoms with van der Waals surface area (Å²) in [6.45, 7) is 4.15. The van der Waals surface area contributed by atoms with E-state index in [1.165, 1.54) is 4.90 Å². The Morgan fingerprint density at radius 3 is 2.56 bits per heavy atom. The van der Waals surface area contributed by atoms with Crippen molar-refractivity contribution < 1.29 is 22.8 Å². The molecule has 1 aliphatic carbocycles. The first kappa shape index (κ1) is 22.8. The summed E-state index contributed by atoms with van der Waals surface area (Å²) in [6.07, 6.45) is 3.76. The van der Waals surface area contributed by atoms with Crippen molar-refractivity contribution in [3.8, 4) is 0 Å². The average Bonchev–Trinajstić information content (AvgIpc) is 3.46. The Bertz CT molecular complexity index is 1060. The fourth-order valence-electron chi connectivity index (χ4n) is 5.17. The lowest BCUT2D eigenvalue weighted by atomic mass is 9.98. The lowest BCUT2D eigenvalue weighted by Gasteiger charge is -2.21. The van der Waals surface area contributed by atoms with Crippen molar-refractivity contribution in [2.45, 2.75) is 70.5 Å². The average molecular weight is 466 g/mol. The molecule has 3 fully saturated rings. The summed E-state index contributed by atoms with van der Waals surface area (Å²) >= 11 is 0. The number of carbonyl (C=O) groups excluding carboxylic acids is 3. The number of sulfone groups is 1. The normalized spacial score (nSPS) is 23.8. The molecule has 0 bridgehead atoms. The molecule has 1 aromatic rings. The van der Waals surface area contributed by atoms with Crippen LogP contribution in [0, 0.1) is 13.8 Å². The Morgan fingerprint density at radius 1 is 1.25 bits per heavy atom. The first-order chi connectivity index (χ1) is 15.0. The molecular weight excluding hydrogens is 434 g/mol. The highest BCUT2D eigenvalue weighted by Gasteiger charge is 2.52. The number of nitrogens with one attached hydrogen (secondary N) is 1. The van der Waals surface area contributed by atoms with Gasteiger partial charge in [0.1, 0.15) is 5.54 Å². The van der Waals surface area contributed by atoms with Gasteiger partial charge in [0, 0.05) is 37.8 Å². The summed E-state index contributed by atoms with van der Waals surface area (Å²) < 4.78 is 25.5. The third-order valence-electron chi connectivity index (χ3n) is 7.10. The Hall–Kier alpha value is -2.43. The van der Waals surface area contributed by atoms with Gasteiger partial charge in [-0.2, -0.15) is 5.10 Å². The van der Waals surface area contributed by atoms with Crippen molar-refractivity contribution in [3.05, 3.63) is 17.0 Å². The summed E-state index contributed by atoms with van der Waals surface area (Å²) in [7, 11) is -1.34. The summed E-state index contributed by atoms with van der Waals surface area (Å²) in [6, 6.07) is -0.581. The number of rotatable bonds is 6. The molecule has 1 spiro atoms. The van der Waals surface area contributed by atoms with Crippen molar-refractivity contribution >= 4 is 27.7 Å². The lowest BCUT2D eigenvalue weighted by molar-refractivity contribution is -0.133. The highest BCUT2D eigenvalue weighted by molar-refractivity contribution is 7.91. The molecule has 0 aromatic carbocycles. The molecule has 1 N–H and O–H groups in total. The summed E-state index contributed by atoms with van der Waals surface area (Å²) in [5, 5.41) is 7.38. The van der Waals surface area contributed by atoms with E-state index in [4.69, 9.17) is 0 Å². The van der Waals surface area contributed by atoms with Crippen LogP contribution in [0.5, 0.6) is 0 Å². The number of hydrogen-bond acceptors (Lipinski definition) is 6. The summed E-state index contributed by atoms with van der Waals surface area (Å²) in [5.41, 5.74) is 1.76. The number of aryl methyl sites for hydroxylation is 1. The third-order valence-corrected chi connectivity index (χ3v) is 8.85. The quantitative estimate of drug-likeness (QED) is 0.627. The van der Waals surface area contributed by atoms with Crippen molar-refractivity contribution in [1.82, 2.24) is 24.9 Å². The maximum atomic E-state index is 12.8. The zero-order valence-corrected chi connectivity index (χ0v) is 19.7. The van der Waals surface area contributed by atoms with Gasteiger partial charge in [0.15, 0.2) is 9.84 Å². The van der Waals surface area contributed by atoms with E-state index in [9.17, 15) is 22.8 Å². The molecular formula is C21H31N5O5S. The predicted octanol–water partition coefficient (Wildman–Crippen LogP) is 1.07. The van der Waals surface area contributed by atoms with Gasteiger partial charge in [0.25, 0.3) is 5.91 Å². The Labute approximate surface area is 188 Å². The second kappa shape index (κ2) is 8.17. The fourth-order valence-corrected chi connectivity index (χ4v) is 6.86. The van der Waals surface area contributed by atoms with Gasteiger partial charge in [-0.25, -0.2) is 13.2 Å². The van der Waals surface area contributed by atoms with E-state index in [0.29, 0.717) is 25.8 Å². The predicted molar refractivity (Wildman–Crippen MR) is 117 cm³/mol. The minimum atomic E-state index is -3.02. The van der Waals surface area contributed by atoms with E-state index in [1.54, 1.807) is 16.6 Å². The first-order valence-electron chi connectivity index (χ1n) is 11.2. The van der Waals surface area contributed by atoms with Crippen molar-refractivity contribution in [1.29, 1.82) is 0 Å². The molecule has 10 nitrogen and oxygen atoms in total. The van der Waals surface area contributed by atoms with Crippen LogP contribution >= 0.6 is 0 Å². The molecule has 2 saturated heterocycles. The second-order valence-corrected chi connectivity index (χ2v) is 11.6. The summed E-state index contributed by atoms with van der Waals surface area (Å²) in [5.74, 6) is -0.118. The van der Waals surface area contributed by atoms with Gasteiger partial charge in [0.05, 0.1) is 23.2 Å². The zero-order valence-electron chi connectivity index (χ0n) is 18.9. The number of amides is 4. The maximum absolute atomic E-state index is 12.8. The molecule has 32 heavy (non-hydrogen) atoms. The largest absolute Gasteiger partial charge is 0.341 e. The highest BCUT2D eigenvalue weighted by atomic mass is 32.2. The topological polar surface area (TPSA) is 122 Å². The van der Waals surface area contributed by atoms with E-state index in [0.717, 1.165) is 29.8 Å².